The minimum absolute atomic E-state index is 0.0872. The number of carbonyl (C=O) groups excluding carboxylic acids is 1. The van der Waals surface area contributed by atoms with Crippen molar-refractivity contribution >= 4 is 67.2 Å². The van der Waals surface area contributed by atoms with E-state index in [0.717, 1.165) is 23.3 Å². The molecule has 0 bridgehead atoms. The molecule has 2 rings (SSSR count). The van der Waals surface area contributed by atoms with E-state index < -0.39 is 0 Å². The number of thiazole rings is 1. The molecule has 2 N–H and O–H groups in total. The molecular weight excluding hydrogens is 355 g/mol. The standard InChI is InChI=1S/C15H18Cl2N4OS/c1-4-6-11(22)18-10-7-9(16)13-14(12(10)17)23-15(19-13)21-20-8(3)5-2/h7H,4-6H2,1-3H3,(H,18,22)(H,19,21)/b20-8+. The van der Waals surface area contributed by atoms with Gasteiger partial charge in [0.15, 0.2) is 0 Å². The number of aromatic nitrogens is 1. The number of anilines is 2. The Morgan fingerprint density at radius 3 is 2.78 bits per heavy atom. The lowest BCUT2D eigenvalue weighted by molar-refractivity contribution is -0.116. The fourth-order valence-electron chi connectivity index (χ4n) is 1.81. The van der Waals surface area contributed by atoms with Crippen molar-refractivity contribution in [1.82, 2.24) is 4.98 Å². The largest absolute Gasteiger partial charge is 0.325 e. The molecule has 8 heteroatoms. The summed E-state index contributed by atoms with van der Waals surface area (Å²) in [4.78, 5) is 16.2. The molecule has 0 aliphatic heterocycles. The molecule has 0 aliphatic rings. The van der Waals surface area contributed by atoms with E-state index >= 15 is 0 Å². The molecule has 0 saturated heterocycles. The third kappa shape index (κ3) is 4.34. The highest BCUT2D eigenvalue weighted by molar-refractivity contribution is 7.23. The van der Waals surface area contributed by atoms with Crippen molar-refractivity contribution in [1.29, 1.82) is 0 Å². The number of carbonyl (C=O) groups is 1. The fraction of sp³-hybridized carbons (Fsp3) is 0.400. The van der Waals surface area contributed by atoms with Crippen LogP contribution in [0, 0.1) is 0 Å². The molecule has 0 unspecified atom stereocenters. The minimum Gasteiger partial charge on any atom is -0.325 e. The number of nitrogens with one attached hydrogen (secondary N) is 2. The first-order chi connectivity index (χ1) is 11.0. The maximum Gasteiger partial charge on any atom is 0.224 e. The number of rotatable bonds is 6. The van der Waals surface area contributed by atoms with Gasteiger partial charge in [-0.1, -0.05) is 48.4 Å². The van der Waals surface area contributed by atoms with Crippen molar-refractivity contribution < 1.29 is 4.79 Å². The molecule has 1 amide bonds. The first-order valence-electron chi connectivity index (χ1n) is 7.33. The Labute approximate surface area is 149 Å². The number of halogens is 2. The van der Waals surface area contributed by atoms with Crippen LogP contribution in [0.25, 0.3) is 10.2 Å². The van der Waals surface area contributed by atoms with Crippen molar-refractivity contribution in [2.45, 2.75) is 40.0 Å². The average Bonchev–Trinajstić information content (AvgIpc) is 2.95. The van der Waals surface area contributed by atoms with E-state index in [1.165, 1.54) is 11.3 Å². The Balaban J connectivity index is 2.36. The zero-order chi connectivity index (χ0) is 17.0. The van der Waals surface area contributed by atoms with Crippen LogP contribution in [0.15, 0.2) is 11.2 Å². The molecular formula is C15H18Cl2N4OS. The van der Waals surface area contributed by atoms with Gasteiger partial charge in [0, 0.05) is 12.1 Å². The Morgan fingerprint density at radius 1 is 1.39 bits per heavy atom. The molecule has 0 radical (unpaired) electrons. The Bertz CT molecular complexity index is 758. The lowest BCUT2D eigenvalue weighted by Crippen LogP contribution is -2.10. The van der Waals surface area contributed by atoms with E-state index in [4.69, 9.17) is 23.2 Å². The van der Waals surface area contributed by atoms with E-state index in [1.807, 2.05) is 20.8 Å². The maximum atomic E-state index is 11.8. The lowest BCUT2D eigenvalue weighted by Gasteiger charge is -2.07. The number of hydrogen-bond acceptors (Lipinski definition) is 5. The third-order valence-electron chi connectivity index (χ3n) is 3.17. The summed E-state index contributed by atoms with van der Waals surface area (Å²) in [6.45, 7) is 5.90. The van der Waals surface area contributed by atoms with Gasteiger partial charge in [-0.25, -0.2) is 4.98 Å². The van der Waals surface area contributed by atoms with Crippen LogP contribution in [-0.2, 0) is 4.79 Å². The smallest absolute Gasteiger partial charge is 0.224 e. The van der Waals surface area contributed by atoms with Crippen molar-refractivity contribution in [2.75, 3.05) is 10.7 Å². The molecule has 0 aliphatic carbocycles. The molecule has 0 spiro atoms. The summed E-state index contributed by atoms with van der Waals surface area (Å²) < 4.78 is 0.720. The molecule has 1 heterocycles. The van der Waals surface area contributed by atoms with Crippen LogP contribution in [0.4, 0.5) is 10.8 Å². The Hall–Kier alpha value is -1.37. The monoisotopic (exact) mass is 372 g/mol. The van der Waals surface area contributed by atoms with Gasteiger partial charge in [-0.05, 0) is 25.8 Å². The van der Waals surface area contributed by atoms with Gasteiger partial charge in [-0.2, -0.15) is 5.10 Å². The summed E-state index contributed by atoms with van der Waals surface area (Å²) in [5.41, 5.74) is 4.98. The topological polar surface area (TPSA) is 66.4 Å². The Morgan fingerprint density at radius 2 is 2.13 bits per heavy atom. The quantitative estimate of drug-likeness (QED) is 0.516. The molecule has 0 fully saturated rings. The van der Waals surface area contributed by atoms with Crippen molar-refractivity contribution in [3.8, 4) is 0 Å². The second kappa shape index (κ2) is 7.95. The number of hydrogen-bond donors (Lipinski definition) is 2. The second-order valence-electron chi connectivity index (χ2n) is 5.03. The van der Waals surface area contributed by atoms with Gasteiger partial charge in [0.1, 0.15) is 5.52 Å². The first kappa shape index (κ1) is 18.0. The molecule has 124 valence electrons. The van der Waals surface area contributed by atoms with Crippen LogP contribution < -0.4 is 10.7 Å². The van der Waals surface area contributed by atoms with Gasteiger partial charge in [0.05, 0.1) is 20.4 Å². The minimum atomic E-state index is -0.0872. The zero-order valence-corrected chi connectivity index (χ0v) is 15.5. The number of nitrogens with zero attached hydrogens (tertiary/aromatic N) is 2. The van der Waals surface area contributed by atoms with Crippen LogP contribution in [0.3, 0.4) is 0 Å². The highest BCUT2D eigenvalue weighted by Gasteiger charge is 2.16. The maximum absolute atomic E-state index is 11.8. The predicted octanol–water partition coefficient (Wildman–Crippen LogP) is 5.54. The molecule has 2 aromatic rings. The lowest BCUT2D eigenvalue weighted by atomic mass is 10.2. The van der Waals surface area contributed by atoms with Crippen LogP contribution >= 0.6 is 34.5 Å². The summed E-state index contributed by atoms with van der Waals surface area (Å²) in [5, 5.41) is 8.50. The molecule has 0 atom stereocenters. The highest BCUT2D eigenvalue weighted by Crippen LogP contribution is 2.41. The van der Waals surface area contributed by atoms with Gasteiger partial charge in [-0.3, -0.25) is 10.2 Å². The van der Waals surface area contributed by atoms with E-state index in [0.29, 0.717) is 32.8 Å². The number of amides is 1. The molecule has 5 nitrogen and oxygen atoms in total. The summed E-state index contributed by atoms with van der Waals surface area (Å²) >= 11 is 14.0. The van der Waals surface area contributed by atoms with Gasteiger partial charge < -0.3 is 5.32 Å². The highest BCUT2D eigenvalue weighted by atomic mass is 35.5. The van der Waals surface area contributed by atoms with Crippen LogP contribution in [0.2, 0.25) is 10.0 Å². The van der Waals surface area contributed by atoms with Gasteiger partial charge in [-0.15, -0.1) is 0 Å². The van der Waals surface area contributed by atoms with E-state index in [9.17, 15) is 4.79 Å². The van der Waals surface area contributed by atoms with Gasteiger partial charge in [0.25, 0.3) is 0 Å². The van der Waals surface area contributed by atoms with Gasteiger partial charge in [0.2, 0.25) is 11.0 Å². The third-order valence-corrected chi connectivity index (χ3v) is 4.94. The summed E-state index contributed by atoms with van der Waals surface area (Å²) in [6.07, 6.45) is 2.06. The molecule has 0 saturated carbocycles. The van der Waals surface area contributed by atoms with Crippen LogP contribution in [-0.4, -0.2) is 16.6 Å². The average molecular weight is 373 g/mol. The summed E-state index contributed by atoms with van der Waals surface area (Å²) in [6, 6.07) is 1.63. The zero-order valence-electron chi connectivity index (χ0n) is 13.2. The number of fused-ring (bicyclic) bond motifs is 1. The Kier molecular flexibility index (Phi) is 6.21. The summed E-state index contributed by atoms with van der Waals surface area (Å²) in [7, 11) is 0. The van der Waals surface area contributed by atoms with Crippen LogP contribution in [0.1, 0.15) is 40.0 Å². The van der Waals surface area contributed by atoms with Crippen molar-refractivity contribution in [3.63, 3.8) is 0 Å². The first-order valence-corrected chi connectivity index (χ1v) is 8.91. The molecule has 1 aromatic carbocycles. The molecule has 1 aromatic heterocycles. The van der Waals surface area contributed by atoms with Crippen LogP contribution in [0.5, 0.6) is 0 Å². The number of benzene rings is 1. The molecule has 23 heavy (non-hydrogen) atoms. The van der Waals surface area contributed by atoms with E-state index in [2.05, 4.69) is 20.8 Å². The van der Waals surface area contributed by atoms with Crippen molar-refractivity contribution in [2.24, 2.45) is 5.10 Å². The van der Waals surface area contributed by atoms with E-state index in [1.54, 1.807) is 6.07 Å². The van der Waals surface area contributed by atoms with E-state index in [-0.39, 0.29) is 5.91 Å². The normalized spacial score (nSPS) is 11.8. The summed E-state index contributed by atoms with van der Waals surface area (Å²) in [5.74, 6) is -0.0872. The SMILES string of the molecule is CCCC(=O)Nc1cc(Cl)c2nc(N/N=C(\C)CC)sc2c1Cl. The number of hydrazone groups is 1. The van der Waals surface area contributed by atoms with Crippen molar-refractivity contribution in [3.05, 3.63) is 16.1 Å². The second-order valence-corrected chi connectivity index (χ2v) is 6.81. The van der Waals surface area contributed by atoms with Gasteiger partial charge >= 0.3 is 0 Å². The fourth-order valence-corrected chi connectivity index (χ4v) is 3.29. The predicted molar refractivity (Wildman–Crippen MR) is 100 cm³/mol.